The molecule has 2 N–H and O–H groups in total. The van der Waals surface area contributed by atoms with E-state index in [0.29, 0.717) is 11.7 Å². The Bertz CT molecular complexity index is 668. The molecule has 0 spiro atoms. The third kappa shape index (κ3) is 2.37. The molecule has 1 aromatic carbocycles. The average molecular weight is 306 g/mol. The molecule has 0 saturated carbocycles. The van der Waals surface area contributed by atoms with E-state index in [1.165, 1.54) is 11.1 Å². The highest BCUT2D eigenvalue weighted by Crippen LogP contribution is 2.37. The second-order valence-electron chi connectivity index (χ2n) is 5.73. The number of fused-ring (bicyclic) bond motifs is 1. The minimum atomic E-state index is -0.373. The summed E-state index contributed by atoms with van der Waals surface area (Å²) in [5, 5.41) is 18.5. The molecule has 0 saturated heterocycles. The molecule has 1 aromatic heterocycles. The van der Waals surface area contributed by atoms with E-state index in [1.54, 1.807) is 4.68 Å². The van der Waals surface area contributed by atoms with E-state index < -0.39 is 0 Å². The Morgan fingerprint density at radius 1 is 1.43 bits per heavy atom. The van der Waals surface area contributed by atoms with Gasteiger partial charge in [-0.05, 0) is 30.9 Å². The molecule has 112 valence electrons. The van der Waals surface area contributed by atoms with E-state index in [1.807, 2.05) is 20.0 Å². The van der Waals surface area contributed by atoms with Gasteiger partial charge in [-0.2, -0.15) is 5.10 Å². The van der Waals surface area contributed by atoms with Crippen LogP contribution in [0, 0.1) is 6.92 Å². The minimum absolute atomic E-state index is 0.0843. The van der Waals surface area contributed by atoms with E-state index in [-0.39, 0.29) is 12.1 Å². The van der Waals surface area contributed by atoms with Crippen molar-refractivity contribution in [3.8, 4) is 0 Å². The Labute approximate surface area is 129 Å². The molecule has 0 radical (unpaired) electrons. The number of aromatic nitrogens is 2. The Kier molecular flexibility index (Phi) is 3.78. The fourth-order valence-electron chi connectivity index (χ4n) is 3.22. The molecule has 2 aromatic rings. The third-order valence-electron chi connectivity index (χ3n) is 4.50. The molecule has 1 aliphatic carbocycles. The van der Waals surface area contributed by atoms with Crippen LogP contribution in [-0.4, -0.2) is 21.5 Å². The van der Waals surface area contributed by atoms with Crippen molar-refractivity contribution in [3.05, 3.63) is 51.8 Å². The second kappa shape index (κ2) is 5.44. The average Bonchev–Trinajstić information content (AvgIpc) is 2.97. The number of hydrogen-bond acceptors (Lipinski definition) is 3. The van der Waals surface area contributed by atoms with Gasteiger partial charge in [0.05, 0.1) is 17.8 Å². The zero-order chi connectivity index (χ0) is 15.0. The van der Waals surface area contributed by atoms with Gasteiger partial charge in [-0.25, -0.2) is 0 Å². The van der Waals surface area contributed by atoms with Crippen LogP contribution in [0.3, 0.4) is 0 Å². The van der Waals surface area contributed by atoms with E-state index in [4.69, 9.17) is 11.6 Å². The molecule has 3 rings (SSSR count). The maximum absolute atomic E-state index is 9.97. The van der Waals surface area contributed by atoms with Crippen LogP contribution in [0.25, 0.3) is 0 Å². The van der Waals surface area contributed by atoms with Gasteiger partial charge in [-0.1, -0.05) is 35.9 Å². The van der Waals surface area contributed by atoms with Crippen LogP contribution in [0.2, 0.25) is 5.15 Å². The number of aryl methyl sites for hydroxylation is 3. The van der Waals surface area contributed by atoms with Gasteiger partial charge in [0, 0.05) is 19.2 Å². The largest absolute Gasteiger partial charge is 0.394 e. The van der Waals surface area contributed by atoms with Crippen molar-refractivity contribution in [1.82, 2.24) is 15.1 Å². The first kappa shape index (κ1) is 14.6. The maximum Gasteiger partial charge on any atom is 0.131 e. The summed E-state index contributed by atoms with van der Waals surface area (Å²) >= 11 is 6.29. The van der Waals surface area contributed by atoms with E-state index >= 15 is 0 Å². The topological polar surface area (TPSA) is 50.1 Å². The Morgan fingerprint density at radius 2 is 2.19 bits per heavy atom. The molecule has 1 aliphatic rings. The molecule has 1 heterocycles. The SMILES string of the molecule is Cc1nn(C)c(Cl)c1CNC1(CO)CCc2ccccc21. The monoisotopic (exact) mass is 305 g/mol. The lowest BCUT2D eigenvalue weighted by Gasteiger charge is -2.30. The number of halogens is 1. The number of benzene rings is 1. The summed E-state index contributed by atoms with van der Waals surface area (Å²) in [5.41, 5.74) is 4.06. The molecule has 21 heavy (non-hydrogen) atoms. The summed E-state index contributed by atoms with van der Waals surface area (Å²) < 4.78 is 1.68. The summed E-state index contributed by atoms with van der Waals surface area (Å²) in [4.78, 5) is 0. The molecule has 4 nitrogen and oxygen atoms in total. The lowest BCUT2D eigenvalue weighted by Crippen LogP contribution is -2.43. The molecule has 0 fully saturated rings. The van der Waals surface area contributed by atoms with Crippen LogP contribution in [0.1, 0.15) is 28.8 Å². The molecule has 1 atom stereocenters. The normalized spacial score (nSPS) is 20.8. The van der Waals surface area contributed by atoms with Gasteiger partial charge in [-0.3, -0.25) is 4.68 Å². The lowest BCUT2D eigenvalue weighted by molar-refractivity contribution is 0.159. The number of hydrogen-bond donors (Lipinski definition) is 2. The zero-order valence-corrected chi connectivity index (χ0v) is 13.1. The molecule has 5 heteroatoms. The van der Waals surface area contributed by atoms with Crippen LogP contribution in [-0.2, 0) is 25.6 Å². The van der Waals surface area contributed by atoms with Gasteiger partial charge in [0.2, 0.25) is 0 Å². The van der Waals surface area contributed by atoms with Gasteiger partial charge in [0.25, 0.3) is 0 Å². The van der Waals surface area contributed by atoms with Gasteiger partial charge in [-0.15, -0.1) is 0 Å². The quantitative estimate of drug-likeness (QED) is 0.911. The number of aliphatic hydroxyl groups excluding tert-OH is 1. The van der Waals surface area contributed by atoms with E-state index in [0.717, 1.165) is 24.1 Å². The molecular weight excluding hydrogens is 286 g/mol. The summed E-state index contributed by atoms with van der Waals surface area (Å²) in [6, 6.07) is 8.31. The van der Waals surface area contributed by atoms with Crippen molar-refractivity contribution < 1.29 is 5.11 Å². The highest BCUT2D eigenvalue weighted by Gasteiger charge is 2.37. The Balaban J connectivity index is 1.86. The summed E-state index contributed by atoms with van der Waals surface area (Å²) in [6.07, 6.45) is 1.89. The molecule has 0 aliphatic heterocycles. The number of aliphatic hydroxyl groups is 1. The molecule has 0 amide bonds. The van der Waals surface area contributed by atoms with Gasteiger partial charge >= 0.3 is 0 Å². The van der Waals surface area contributed by atoms with Crippen molar-refractivity contribution in [3.63, 3.8) is 0 Å². The predicted molar refractivity (Wildman–Crippen MR) is 83.3 cm³/mol. The van der Waals surface area contributed by atoms with Crippen molar-refractivity contribution in [1.29, 1.82) is 0 Å². The summed E-state index contributed by atoms with van der Waals surface area (Å²) in [6.45, 7) is 2.64. The Hall–Kier alpha value is -1.36. The fourth-order valence-corrected chi connectivity index (χ4v) is 3.47. The highest BCUT2D eigenvalue weighted by atomic mass is 35.5. The first-order valence-corrected chi connectivity index (χ1v) is 7.57. The standard InChI is InChI=1S/C16H20ClN3O/c1-11-13(15(17)20(2)19-11)9-18-16(10-21)8-7-12-5-3-4-6-14(12)16/h3-6,18,21H,7-10H2,1-2H3. The second-order valence-corrected chi connectivity index (χ2v) is 6.09. The van der Waals surface area contributed by atoms with Crippen LogP contribution in [0.5, 0.6) is 0 Å². The van der Waals surface area contributed by atoms with Crippen LogP contribution in [0.15, 0.2) is 24.3 Å². The summed E-state index contributed by atoms with van der Waals surface area (Å²) in [5.74, 6) is 0. The first-order valence-electron chi connectivity index (χ1n) is 7.19. The maximum atomic E-state index is 9.97. The summed E-state index contributed by atoms with van der Waals surface area (Å²) in [7, 11) is 1.84. The molecular formula is C16H20ClN3O. The van der Waals surface area contributed by atoms with Crippen LogP contribution >= 0.6 is 11.6 Å². The molecule has 0 bridgehead atoms. The minimum Gasteiger partial charge on any atom is -0.394 e. The Morgan fingerprint density at radius 3 is 2.86 bits per heavy atom. The number of nitrogens with zero attached hydrogens (tertiary/aromatic N) is 2. The van der Waals surface area contributed by atoms with Crippen molar-refractivity contribution >= 4 is 11.6 Å². The third-order valence-corrected chi connectivity index (χ3v) is 4.97. The van der Waals surface area contributed by atoms with Gasteiger partial charge in [0.1, 0.15) is 5.15 Å². The van der Waals surface area contributed by atoms with Gasteiger partial charge < -0.3 is 10.4 Å². The van der Waals surface area contributed by atoms with Crippen molar-refractivity contribution in [2.45, 2.75) is 31.8 Å². The van der Waals surface area contributed by atoms with Crippen LogP contribution in [0.4, 0.5) is 0 Å². The van der Waals surface area contributed by atoms with E-state index in [9.17, 15) is 5.11 Å². The predicted octanol–water partition coefficient (Wildman–Crippen LogP) is 2.31. The lowest BCUT2D eigenvalue weighted by atomic mass is 9.92. The molecule has 1 unspecified atom stereocenters. The smallest absolute Gasteiger partial charge is 0.131 e. The van der Waals surface area contributed by atoms with Crippen molar-refractivity contribution in [2.75, 3.05) is 6.61 Å². The highest BCUT2D eigenvalue weighted by molar-refractivity contribution is 6.30. The van der Waals surface area contributed by atoms with Gasteiger partial charge in [0.15, 0.2) is 0 Å². The number of nitrogens with one attached hydrogen (secondary N) is 1. The zero-order valence-electron chi connectivity index (χ0n) is 12.4. The van der Waals surface area contributed by atoms with Crippen LogP contribution < -0.4 is 5.32 Å². The van der Waals surface area contributed by atoms with Crippen molar-refractivity contribution in [2.24, 2.45) is 7.05 Å². The van der Waals surface area contributed by atoms with E-state index in [2.05, 4.69) is 28.6 Å². The number of rotatable bonds is 4. The first-order chi connectivity index (χ1) is 10.1. The fraction of sp³-hybridized carbons (Fsp3) is 0.438.